The van der Waals surface area contributed by atoms with Crippen molar-refractivity contribution in [3.05, 3.63) is 65.7 Å². The fourth-order valence-electron chi connectivity index (χ4n) is 4.44. The molecule has 29 heavy (non-hydrogen) atoms. The highest BCUT2D eigenvalue weighted by molar-refractivity contribution is 5.82. The summed E-state index contributed by atoms with van der Waals surface area (Å²) in [7, 11) is 0. The molecule has 3 aliphatic rings. The Balaban J connectivity index is 1.28. The van der Waals surface area contributed by atoms with Crippen LogP contribution in [0.5, 0.6) is 0 Å². The predicted molar refractivity (Wildman–Crippen MR) is 110 cm³/mol. The molecule has 0 spiro atoms. The highest BCUT2D eigenvalue weighted by atomic mass is 16.5. The number of aliphatic hydroxyl groups is 1. The molecule has 2 aliphatic heterocycles. The standard InChI is InChI=1S/C23H27N3O3/c27-21(20(24-16-10-11-16)12-15-6-2-1-3-7-15)25-17-13-23(28)18-8-4-5-9-19(18)26-22(23)29-14-17/h1-9,16-17,20,22,24,26,28H,10-14H2,(H,25,27)/t17-,20-,22-,23+/m0/s1. The topological polar surface area (TPSA) is 82.6 Å². The maximum atomic E-state index is 13.1. The molecule has 0 bridgehead atoms. The van der Waals surface area contributed by atoms with E-state index in [-0.39, 0.29) is 18.0 Å². The number of ether oxygens (including phenoxy) is 1. The van der Waals surface area contributed by atoms with Crippen LogP contribution in [0.1, 0.15) is 30.4 Å². The molecule has 1 aliphatic carbocycles. The smallest absolute Gasteiger partial charge is 0.237 e. The highest BCUT2D eigenvalue weighted by Crippen LogP contribution is 2.44. The van der Waals surface area contributed by atoms with Gasteiger partial charge in [0.25, 0.3) is 0 Å². The maximum absolute atomic E-state index is 13.1. The third kappa shape index (κ3) is 3.75. The summed E-state index contributed by atoms with van der Waals surface area (Å²) in [4.78, 5) is 13.1. The molecule has 1 amide bonds. The highest BCUT2D eigenvalue weighted by Gasteiger charge is 2.51. The largest absolute Gasteiger partial charge is 0.380 e. The Hall–Kier alpha value is -2.41. The molecule has 4 N–H and O–H groups in total. The van der Waals surface area contributed by atoms with Gasteiger partial charge in [-0.3, -0.25) is 4.79 Å². The van der Waals surface area contributed by atoms with E-state index in [0.717, 1.165) is 29.7 Å². The molecule has 6 nitrogen and oxygen atoms in total. The first kappa shape index (κ1) is 18.6. The Morgan fingerprint density at radius 1 is 1.14 bits per heavy atom. The molecule has 2 aromatic carbocycles. The van der Waals surface area contributed by atoms with Gasteiger partial charge in [-0.25, -0.2) is 0 Å². The molecule has 1 saturated carbocycles. The first-order valence-corrected chi connectivity index (χ1v) is 10.4. The zero-order chi connectivity index (χ0) is 19.8. The van der Waals surface area contributed by atoms with Gasteiger partial charge in [-0.15, -0.1) is 0 Å². The zero-order valence-corrected chi connectivity index (χ0v) is 16.3. The molecule has 0 unspecified atom stereocenters. The van der Waals surface area contributed by atoms with E-state index in [4.69, 9.17) is 4.74 Å². The molecule has 1 saturated heterocycles. The fourth-order valence-corrected chi connectivity index (χ4v) is 4.44. The van der Waals surface area contributed by atoms with Crippen molar-refractivity contribution in [3.63, 3.8) is 0 Å². The van der Waals surface area contributed by atoms with Gasteiger partial charge in [-0.05, 0) is 30.9 Å². The van der Waals surface area contributed by atoms with Gasteiger partial charge in [0.2, 0.25) is 5.91 Å². The van der Waals surface area contributed by atoms with Crippen LogP contribution in [0.25, 0.3) is 0 Å². The van der Waals surface area contributed by atoms with Gasteiger partial charge < -0.3 is 25.8 Å². The third-order valence-corrected chi connectivity index (χ3v) is 6.10. The molecule has 0 radical (unpaired) electrons. The fraction of sp³-hybridized carbons (Fsp3) is 0.435. The molecule has 0 aromatic heterocycles. The number of para-hydroxylation sites is 1. The lowest BCUT2D eigenvalue weighted by Gasteiger charge is -2.39. The van der Waals surface area contributed by atoms with Gasteiger partial charge in [-0.1, -0.05) is 48.5 Å². The molecule has 2 aromatic rings. The van der Waals surface area contributed by atoms with Crippen LogP contribution in [0.4, 0.5) is 5.69 Å². The van der Waals surface area contributed by atoms with Crippen LogP contribution in [-0.2, 0) is 21.6 Å². The third-order valence-electron chi connectivity index (χ3n) is 6.10. The van der Waals surface area contributed by atoms with Crippen LogP contribution in [0.2, 0.25) is 0 Å². The molecular weight excluding hydrogens is 366 g/mol. The molecule has 2 heterocycles. The Morgan fingerprint density at radius 3 is 2.69 bits per heavy atom. The van der Waals surface area contributed by atoms with Crippen molar-refractivity contribution < 1.29 is 14.6 Å². The number of carbonyl (C=O) groups is 1. The number of fused-ring (bicyclic) bond motifs is 3. The summed E-state index contributed by atoms with van der Waals surface area (Å²) in [5.74, 6) is -0.0318. The van der Waals surface area contributed by atoms with Gasteiger partial charge in [0, 0.05) is 23.7 Å². The summed E-state index contributed by atoms with van der Waals surface area (Å²) in [5, 5.41) is 21.2. The van der Waals surface area contributed by atoms with Gasteiger partial charge in [0.1, 0.15) is 5.60 Å². The Morgan fingerprint density at radius 2 is 1.90 bits per heavy atom. The average Bonchev–Trinajstić information content (AvgIpc) is 3.49. The molecule has 152 valence electrons. The molecular formula is C23H27N3O3. The number of rotatable bonds is 6. The van der Waals surface area contributed by atoms with Crippen molar-refractivity contribution in [1.82, 2.24) is 10.6 Å². The summed E-state index contributed by atoms with van der Waals surface area (Å²) in [6.45, 7) is 0.376. The van der Waals surface area contributed by atoms with Crippen LogP contribution in [-0.4, -0.2) is 42.0 Å². The first-order valence-electron chi connectivity index (χ1n) is 10.4. The normalized spacial score (nSPS) is 28.7. The minimum atomic E-state index is -1.13. The van der Waals surface area contributed by atoms with Crippen molar-refractivity contribution in [2.45, 2.75) is 55.6 Å². The van der Waals surface area contributed by atoms with Crippen LogP contribution in [0, 0.1) is 0 Å². The first-order chi connectivity index (χ1) is 14.1. The van der Waals surface area contributed by atoms with Gasteiger partial charge in [-0.2, -0.15) is 0 Å². The summed E-state index contributed by atoms with van der Waals surface area (Å²) in [6.07, 6.45) is 2.84. The minimum Gasteiger partial charge on any atom is -0.380 e. The van der Waals surface area contributed by atoms with Crippen LogP contribution >= 0.6 is 0 Å². The summed E-state index contributed by atoms with van der Waals surface area (Å²) >= 11 is 0. The van der Waals surface area contributed by atoms with E-state index in [2.05, 4.69) is 16.0 Å². The van der Waals surface area contributed by atoms with E-state index < -0.39 is 11.8 Å². The minimum absolute atomic E-state index is 0.0318. The number of hydrogen-bond donors (Lipinski definition) is 4. The van der Waals surface area contributed by atoms with E-state index >= 15 is 0 Å². The molecule has 6 heteroatoms. The second-order valence-electron chi connectivity index (χ2n) is 8.42. The second kappa shape index (κ2) is 7.44. The average molecular weight is 393 g/mol. The number of carbonyl (C=O) groups excluding carboxylic acids is 1. The lowest BCUT2D eigenvalue weighted by Crippen LogP contribution is -2.57. The molecule has 5 rings (SSSR count). The van der Waals surface area contributed by atoms with Crippen molar-refractivity contribution in [2.75, 3.05) is 11.9 Å². The van der Waals surface area contributed by atoms with E-state index in [0.29, 0.717) is 25.5 Å². The van der Waals surface area contributed by atoms with E-state index in [1.807, 2.05) is 54.6 Å². The van der Waals surface area contributed by atoms with E-state index in [9.17, 15) is 9.90 Å². The SMILES string of the molecule is O=C(N[C@@H]1CO[C@@H]2Nc3ccccc3[C@]2(O)C1)[C@H](Cc1ccccc1)NC1CC1. The summed E-state index contributed by atoms with van der Waals surface area (Å²) < 4.78 is 5.90. The molecule has 2 fully saturated rings. The summed E-state index contributed by atoms with van der Waals surface area (Å²) in [5.41, 5.74) is 1.73. The van der Waals surface area contributed by atoms with Crippen molar-refractivity contribution in [1.29, 1.82) is 0 Å². The number of hydrogen-bond acceptors (Lipinski definition) is 5. The second-order valence-corrected chi connectivity index (χ2v) is 8.42. The Bertz CT molecular complexity index is 886. The van der Waals surface area contributed by atoms with Crippen LogP contribution in [0.15, 0.2) is 54.6 Å². The number of anilines is 1. The number of nitrogens with one attached hydrogen (secondary N) is 3. The van der Waals surface area contributed by atoms with Gasteiger partial charge in [0.15, 0.2) is 6.23 Å². The van der Waals surface area contributed by atoms with E-state index in [1.54, 1.807) is 0 Å². The molecule has 4 atom stereocenters. The predicted octanol–water partition coefficient (Wildman–Crippen LogP) is 1.89. The number of benzene rings is 2. The Kier molecular flexibility index (Phi) is 4.78. The van der Waals surface area contributed by atoms with Crippen molar-refractivity contribution in [3.8, 4) is 0 Å². The van der Waals surface area contributed by atoms with Crippen LogP contribution in [0.3, 0.4) is 0 Å². The Labute approximate surface area is 170 Å². The quantitative estimate of drug-likeness (QED) is 0.603. The lowest BCUT2D eigenvalue weighted by molar-refractivity contribution is -0.147. The number of amides is 1. The van der Waals surface area contributed by atoms with Crippen molar-refractivity contribution >= 4 is 11.6 Å². The monoisotopic (exact) mass is 393 g/mol. The zero-order valence-electron chi connectivity index (χ0n) is 16.3. The lowest BCUT2D eigenvalue weighted by atomic mass is 9.86. The van der Waals surface area contributed by atoms with Crippen LogP contribution < -0.4 is 16.0 Å². The maximum Gasteiger partial charge on any atom is 0.237 e. The van der Waals surface area contributed by atoms with Gasteiger partial charge in [0.05, 0.1) is 18.7 Å². The van der Waals surface area contributed by atoms with E-state index in [1.165, 1.54) is 0 Å². The van der Waals surface area contributed by atoms with Gasteiger partial charge >= 0.3 is 0 Å². The summed E-state index contributed by atoms with van der Waals surface area (Å²) in [6, 6.07) is 17.7. The van der Waals surface area contributed by atoms with Crippen molar-refractivity contribution in [2.24, 2.45) is 0 Å².